The van der Waals surface area contributed by atoms with Crippen LogP contribution in [0.15, 0.2) is 133 Å². The first-order chi connectivity index (χ1) is 18.3. The van der Waals surface area contributed by atoms with E-state index in [0.717, 1.165) is 11.3 Å². The average molecular weight is 476 g/mol. The van der Waals surface area contributed by atoms with Crippen LogP contribution in [0.3, 0.4) is 0 Å². The molecule has 0 amide bonds. The second-order valence-electron chi connectivity index (χ2n) is 9.31. The Morgan fingerprint density at radius 2 is 1.03 bits per heavy atom. The highest BCUT2D eigenvalue weighted by Crippen LogP contribution is 2.47. The van der Waals surface area contributed by atoms with Crippen molar-refractivity contribution >= 4 is 27.2 Å². The lowest BCUT2D eigenvalue weighted by molar-refractivity contribution is 0.415. The molecule has 7 aromatic rings. The van der Waals surface area contributed by atoms with Crippen LogP contribution >= 0.6 is 0 Å². The van der Waals surface area contributed by atoms with Crippen LogP contribution in [-0.2, 0) is 0 Å². The van der Waals surface area contributed by atoms with E-state index in [1.54, 1.807) is 7.11 Å². The Hall–Kier alpha value is -4.82. The molecule has 0 unspecified atom stereocenters. The van der Waals surface area contributed by atoms with E-state index < -0.39 is 0 Å². The van der Waals surface area contributed by atoms with E-state index in [2.05, 4.69) is 138 Å². The van der Waals surface area contributed by atoms with Gasteiger partial charge in [0.25, 0.3) is 0 Å². The van der Waals surface area contributed by atoms with Crippen molar-refractivity contribution < 1.29 is 4.74 Å². The minimum absolute atomic E-state index is 0.856. The zero-order chi connectivity index (χ0) is 24.8. The van der Waals surface area contributed by atoms with Crippen LogP contribution in [0.25, 0.3) is 60.7 Å². The molecule has 2 heterocycles. The lowest BCUT2D eigenvalue weighted by Crippen LogP contribution is -1.98. The van der Waals surface area contributed by atoms with E-state index in [1.807, 2.05) is 0 Å². The maximum Gasteiger partial charge on any atom is 0.119 e. The van der Waals surface area contributed by atoms with Gasteiger partial charge in [0.05, 0.1) is 23.8 Å². The molecule has 0 aliphatic rings. The molecule has 0 saturated carbocycles. The third-order valence-electron chi connectivity index (χ3n) is 7.26. The number of benzene rings is 5. The largest absolute Gasteiger partial charge is 0.497 e. The van der Waals surface area contributed by atoms with Crippen LogP contribution in [-0.4, -0.2) is 11.5 Å². The third-order valence-corrected chi connectivity index (χ3v) is 7.26. The van der Waals surface area contributed by atoms with Gasteiger partial charge in [0.1, 0.15) is 5.75 Å². The van der Waals surface area contributed by atoms with Crippen LogP contribution in [0.5, 0.6) is 5.75 Å². The first-order valence-corrected chi connectivity index (χ1v) is 12.6. The van der Waals surface area contributed by atoms with Crippen molar-refractivity contribution in [1.29, 1.82) is 0 Å². The molecular weight excluding hydrogens is 450 g/mol. The van der Waals surface area contributed by atoms with Crippen LogP contribution in [0.2, 0.25) is 0 Å². The van der Waals surface area contributed by atoms with Gasteiger partial charge in [0.2, 0.25) is 0 Å². The van der Waals surface area contributed by atoms with Crippen LogP contribution in [0.1, 0.15) is 0 Å². The van der Waals surface area contributed by atoms with Crippen molar-refractivity contribution in [3.63, 3.8) is 0 Å². The molecule has 0 fully saturated rings. The van der Waals surface area contributed by atoms with E-state index in [-0.39, 0.29) is 0 Å². The maximum atomic E-state index is 5.70. The van der Waals surface area contributed by atoms with E-state index >= 15 is 0 Å². The Bertz CT molecular complexity index is 1890. The molecule has 0 saturated heterocycles. The molecular formula is C35H25NO. The Balaban J connectivity index is 1.81. The van der Waals surface area contributed by atoms with Crippen molar-refractivity contribution in [2.75, 3.05) is 7.11 Å². The summed E-state index contributed by atoms with van der Waals surface area (Å²) < 4.78 is 8.16. The summed E-state index contributed by atoms with van der Waals surface area (Å²) in [5, 5.41) is 3.65. The number of hydrogen-bond acceptors (Lipinski definition) is 1. The molecule has 0 bridgehead atoms. The van der Waals surface area contributed by atoms with Gasteiger partial charge in [-0.1, -0.05) is 115 Å². The fourth-order valence-electron chi connectivity index (χ4n) is 5.70. The quantitative estimate of drug-likeness (QED) is 0.247. The first-order valence-electron chi connectivity index (χ1n) is 12.6. The summed E-state index contributed by atoms with van der Waals surface area (Å²) in [4.78, 5) is 0. The second kappa shape index (κ2) is 8.69. The van der Waals surface area contributed by atoms with Crippen molar-refractivity contribution in [1.82, 2.24) is 4.40 Å². The molecule has 5 aromatic carbocycles. The number of rotatable bonds is 4. The monoisotopic (exact) mass is 475 g/mol. The van der Waals surface area contributed by atoms with E-state index in [0.29, 0.717) is 0 Å². The zero-order valence-electron chi connectivity index (χ0n) is 20.6. The Labute approximate surface area is 216 Å². The Morgan fingerprint density at radius 3 is 1.65 bits per heavy atom. The Kier molecular flexibility index (Phi) is 5.04. The molecule has 176 valence electrons. The average Bonchev–Trinajstić information content (AvgIpc) is 3.32. The molecule has 2 heteroatoms. The number of hydrogen-bond donors (Lipinski definition) is 0. The van der Waals surface area contributed by atoms with Crippen LogP contribution in [0, 0.1) is 0 Å². The van der Waals surface area contributed by atoms with E-state index in [9.17, 15) is 0 Å². The van der Waals surface area contributed by atoms with Crippen molar-refractivity contribution in [2.45, 2.75) is 0 Å². The maximum absolute atomic E-state index is 5.70. The molecule has 0 atom stereocenters. The van der Waals surface area contributed by atoms with Gasteiger partial charge in [0.15, 0.2) is 0 Å². The lowest BCUT2D eigenvalue weighted by atomic mass is 9.92. The summed E-state index contributed by atoms with van der Waals surface area (Å²) in [6, 6.07) is 47.5. The molecule has 0 spiro atoms. The minimum atomic E-state index is 0.856. The van der Waals surface area contributed by atoms with Crippen molar-refractivity contribution in [3.05, 3.63) is 133 Å². The molecule has 0 aliphatic carbocycles. The second-order valence-corrected chi connectivity index (χ2v) is 9.31. The van der Waals surface area contributed by atoms with Gasteiger partial charge < -0.3 is 9.14 Å². The molecule has 0 aliphatic heterocycles. The first kappa shape index (κ1) is 21.5. The zero-order valence-corrected chi connectivity index (χ0v) is 20.6. The van der Waals surface area contributed by atoms with Gasteiger partial charge in [-0.15, -0.1) is 0 Å². The minimum Gasteiger partial charge on any atom is -0.497 e. The highest BCUT2D eigenvalue weighted by Gasteiger charge is 2.24. The van der Waals surface area contributed by atoms with Crippen molar-refractivity contribution in [2.24, 2.45) is 0 Å². The number of pyridine rings is 1. The third kappa shape index (κ3) is 3.34. The number of fused-ring (bicyclic) bond motifs is 5. The normalized spacial score (nSPS) is 11.4. The number of aromatic nitrogens is 1. The summed E-state index contributed by atoms with van der Waals surface area (Å²) >= 11 is 0. The highest BCUT2D eigenvalue weighted by atomic mass is 16.5. The molecule has 0 N–H and O–H groups in total. The summed E-state index contributed by atoms with van der Waals surface area (Å²) in [6.45, 7) is 0. The SMILES string of the molecule is COc1ccc2c(c1)c(-c1ccccc1)c1c3ccccc3c(-c3ccccc3)c(-c3ccccc3)n21. The van der Waals surface area contributed by atoms with Gasteiger partial charge in [0, 0.05) is 21.9 Å². The number of methoxy groups -OCH3 is 1. The summed E-state index contributed by atoms with van der Waals surface area (Å²) in [5.41, 5.74) is 9.61. The van der Waals surface area contributed by atoms with Gasteiger partial charge in [-0.2, -0.15) is 0 Å². The molecule has 7 rings (SSSR count). The summed E-state index contributed by atoms with van der Waals surface area (Å²) in [6.07, 6.45) is 0. The number of nitrogens with zero attached hydrogens (tertiary/aromatic N) is 1. The molecule has 2 aromatic heterocycles. The topological polar surface area (TPSA) is 13.6 Å². The molecule has 0 radical (unpaired) electrons. The lowest BCUT2D eigenvalue weighted by Gasteiger charge is -2.19. The fourth-order valence-corrected chi connectivity index (χ4v) is 5.70. The fraction of sp³-hybridized carbons (Fsp3) is 0.0286. The van der Waals surface area contributed by atoms with Gasteiger partial charge in [-0.3, -0.25) is 0 Å². The smallest absolute Gasteiger partial charge is 0.119 e. The number of ether oxygens (including phenoxy) is 1. The predicted molar refractivity (Wildman–Crippen MR) is 155 cm³/mol. The van der Waals surface area contributed by atoms with Gasteiger partial charge in [-0.05, 0) is 40.3 Å². The van der Waals surface area contributed by atoms with Gasteiger partial charge in [-0.25, -0.2) is 0 Å². The Morgan fingerprint density at radius 1 is 0.486 bits per heavy atom. The van der Waals surface area contributed by atoms with Crippen LogP contribution < -0.4 is 4.74 Å². The van der Waals surface area contributed by atoms with Gasteiger partial charge >= 0.3 is 0 Å². The van der Waals surface area contributed by atoms with E-state index in [4.69, 9.17) is 4.74 Å². The summed E-state index contributed by atoms with van der Waals surface area (Å²) in [5.74, 6) is 0.856. The van der Waals surface area contributed by atoms with E-state index in [1.165, 1.54) is 55.2 Å². The predicted octanol–water partition coefficient (Wildman–Crippen LogP) is 9.26. The van der Waals surface area contributed by atoms with Crippen LogP contribution in [0.4, 0.5) is 0 Å². The highest BCUT2D eigenvalue weighted by molar-refractivity contribution is 6.20. The van der Waals surface area contributed by atoms with Crippen molar-refractivity contribution in [3.8, 4) is 39.3 Å². The summed E-state index contributed by atoms with van der Waals surface area (Å²) in [7, 11) is 1.73. The standard InChI is InChI=1S/C35H25NO/c1-37-27-21-22-31-30(23-27)33(25-15-7-3-8-16-25)35-29-20-12-11-19-28(29)32(24-13-5-2-6-14-24)34(36(31)35)26-17-9-4-10-18-26/h2-23H,1H3. The molecule has 37 heavy (non-hydrogen) atoms. The molecule has 2 nitrogen and oxygen atoms in total.